The highest BCUT2D eigenvalue weighted by Gasteiger charge is 2.28. The standard InChI is InChI=1S/C11H12ClNO2S/c1-6-9(5-10(14)15)16-8-4-2-3-7(12)11(8)13-6/h2-4,6,9,13H,5H2,1H3,(H,14,15). The molecule has 0 bridgehead atoms. The third-order valence-corrected chi connectivity index (χ3v) is 4.35. The van der Waals surface area contributed by atoms with Crippen LogP contribution in [0.1, 0.15) is 13.3 Å². The van der Waals surface area contributed by atoms with E-state index >= 15 is 0 Å². The molecular formula is C11H12ClNO2S. The van der Waals surface area contributed by atoms with Crippen molar-refractivity contribution in [1.82, 2.24) is 0 Å². The number of hydrogen-bond donors (Lipinski definition) is 2. The molecule has 16 heavy (non-hydrogen) atoms. The van der Waals surface area contributed by atoms with Gasteiger partial charge in [-0.05, 0) is 19.1 Å². The first-order valence-electron chi connectivity index (χ1n) is 5.01. The first kappa shape index (κ1) is 11.6. The Balaban J connectivity index is 2.25. The lowest BCUT2D eigenvalue weighted by Crippen LogP contribution is -2.33. The van der Waals surface area contributed by atoms with Crippen LogP contribution in [-0.4, -0.2) is 22.4 Å². The molecule has 1 aliphatic heterocycles. The van der Waals surface area contributed by atoms with E-state index in [-0.39, 0.29) is 17.7 Å². The third-order valence-electron chi connectivity index (χ3n) is 2.56. The van der Waals surface area contributed by atoms with Crippen molar-refractivity contribution >= 4 is 35.0 Å². The zero-order valence-electron chi connectivity index (χ0n) is 8.74. The average molecular weight is 258 g/mol. The van der Waals surface area contributed by atoms with Crippen LogP contribution in [0.4, 0.5) is 5.69 Å². The molecule has 0 saturated carbocycles. The molecule has 0 saturated heterocycles. The topological polar surface area (TPSA) is 49.3 Å². The van der Waals surface area contributed by atoms with Crippen LogP contribution in [0.3, 0.4) is 0 Å². The number of benzene rings is 1. The molecule has 0 aliphatic carbocycles. The van der Waals surface area contributed by atoms with Crippen molar-refractivity contribution in [2.24, 2.45) is 0 Å². The third kappa shape index (κ3) is 2.28. The van der Waals surface area contributed by atoms with Gasteiger partial charge in [0, 0.05) is 16.2 Å². The first-order chi connectivity index (χ1) is 7.58. The number of thioether (sulfide) groups is 1. The van der Waals surface area contributed by atoms with E-state index in [1.165, 1.54) is 0 Å². The minimum absolute atomic E-state index is 0.0449. The predicted molar refractivity (Wildman–Crippen MR) is 66.4 cm³/mol. The average Bonchev–Trinajstić information content (AvgIpc) is 2.20. The zero-order valence-corrected chi connectivity index (χ0v) is 10.3. The van der Waals surface area contributed by atoms with E-state index < -0.39 is 5.97 Å². The largest absolute Gasteiger partial charge is 0.481 e. The Hall–Kier alpha value is -0.870. The quantitative estimate of drug-likeness (QED) is 0.855. The fourth-order valence-electron chi connectivity index (χ4n) is 1.72. The maximum Gasteiger partial charge on any atom is 0.304 e. The highest BCUT2D eigenvalue weighted by atomic mass is 35.5. The summed E-state index contributed by atoms with van der Waals surface area (Å²) in [6.07, 6.45) is 0.158. The van der Waals surface area contributed by atoms with Crippen LogP contribution in [0.15, 0.2) is 23.1 Å². The van der Waals surface area contributed by atoms with E-state index in [1.807, 2.05) is 25.1 Å². The van der Waals surface area contributed by atoms with E-state index in [0.29, 0.717) is 5.02 Å². The summed E-state index contributed by atoms with van der Waals surface area (Å²) in [6.45, 7) is 1.98. The van der Waals surface area contributed by atoms with Crippen molar-refractivity contribution in [3.05, 3.63) is 23.2 Å². The summed E-state index contributed by atoms with van der Waals surface area (Å²) in [5.74, 6) is -0.767. The number of aliphatic carboxylic acids is 1. The SMILES string of the molecule is CC1Nc2c(Cl)cccc2SC1CC(=O)O. The number of halogens is 1. The van der Waals surface area contributed by atoms with Crippen molar-refractivity contribution < 1.29 is 9.90 Å². The molecule has 0 amide bonds. The van der Waals surface area contributed by atoms with Crippen LogP contribution >= 0.6 is 23.4 Å². The molecule has 2 unspecified atom stereocenters. The van der Waals surface area contributed by atoms with Gasteiger partial charge in [0.05, 0.1) is 17.1 Å². The van der Waals surface area contributed by atoms with E-state index in [4.69, 9.17) is 16.7 Å². The molecule has 0 aromatic heterocycles. The molecule has 0 spiro atoms. The van der Waals surface area contributed by atoms with Gasteiger partial charge in [-0.3, -0.25) is 4.79 Å². The molecule has 1 aromatic rings. The lowest BCUT2D eigenvalue weighted by Gasteiger charge is -2.31. The Morgan fingerprint density at radius 3 is 3.06 bits per heavy atom. The summed E-state index contributed by atoms with van der Waals surface area (Å²) in [5.41, 5.74) is 0.920. The summed E-state index contributed by atoms with van der Waals surface area (Å²) in [7, 11) is 0. The fraction of sp³-hybridized carbons (Fsp3) is 0.364. The molecule has 5 heteroatoms. The van der Waals surface area contributed by atoms with Crippen LogP contribution in [0, 0.1) is 0 Å². The number of fused-ring (bicyclic) bond motifs is 1. The summed E-state index contributed by atoms with van der Waals surface area (Å²) < 4.78 is 0. The summed E-state index contributed by atoms with van der Waals surface area (Å²) in [4.78, 5) is 11.7. The molecular weight excluding hydrogens is 246 g/mol. The molecule has 2 rings (SSSR count). The van der Waals surface area contributed by atoms with Crippen LogP contribution < -0.4 is 5.32 Å². The lowest BCUT2D eigenvalue weighted by atomic mass is 10.1. The highest BCUT2D eigenvalue weighted by Crippen LogP contribution is 2.42. The molecule has 0 radical (unpaired) electrons. The molecule has 86 valence electrons. The minimum atomic E-state index is -0.767. The summed E-state index contributed by atoms with van der Waals surface area (Å²) in [6, 6.07) is 5.77. The van der Waals surface area contributed by atoms with Gasteiger partial charge in [-0.1, -0.05) is 17.7 Å². The molecule has 1 aromatic carbocycles. The van der Waals surface area contributed by atoms with E-state index in [9.17, 15) is 4.79 Å². The number of para-hydroxylation sites is 1. The summed E-state index contributed by atoms with van der Waals surface area (Å²) in [5, 5.41) is 12.8. The number of carboxylic acid groups (broad SMARTS) is 1. The second kappa shape index (κ2) is 4.55. The van der Waals surface area contributed by atoms with Gasteiger partial charge in [0.2, 0.25) is 0 Å². The Morgan fingerprint density at radius 1 is 1.62 bits per heavy atom. The van der Waals surface area contributed by atoms with E-state index in [2.05, 4.69) is 5.32 Å². The normalized spacial score (nSPS) is 23.4. The van der Waals surface area contributed by atoms with Crippen molar-refractivity contribution in [3.63, 3.8) is 0 Å². The van der Waals surface area contributed by atoms with Crippen LogP contribution in [0.2, 0.25) is 5.02 Å². The van der Waals surface area contributed by atoms with Crippen molar-refractivity contribution in [2.45, 2.75) is 29.5 Å². The molecule has 1 heterocycles. The predicted octanol–water partition coefficient (Wildman–Crippen LogP) is 3.09. The molecule has 1 aliphatic rings. The van der Waals surface area contributed by atoms with Gasteiger partial charge >= 0.3 is 5.97 Å². The van der Waals surface area contributed by atoms with Crippen molar-refractivity contribution in [2.75, 3.05) is 5.32 Å². The number of carboxylic acids is 1. The van der Waals surface area contributed by atoms with E-state index in [1.54, 1.807) is 11.8 Å². The summed E-state index contributed by atoms with van der Waals surface area (Å²) >= 11 is 7.65. The van der Waals surface area contributed by atoms with Crippen molar-refractivity contribution in [3.8, 4) is 0 Å². The van der Waals surface area contributed by atoms with Gasteiger partial charge in [-0.2, -0.15) is 0 Å². The maximum absolute atomic E-state index is 10.7. The number of anilines is 1. The van der Waals surface area contributed by atoms with Crippen LogP contribution in [0.5, 0.6) is 0 Å². The smallest absolute Gasteiger partial charge is 0.304 e. The monoisotopic (exact) mass is 257 g/mol. The number of nitrogens with one attached hydrogen (secondary N) is 1. The fourth-order valence-corrected chi connectivity index (χ4v) is 3.27. The van der Waals surface area contributed by atoms with Gasteiger partial charge in [-0.25, -0.2) is 0 Å². The molecule has 2 N–H and O–H groups in total. The Kier molecular flexibility index (Phi) is 3.30. The maximum atomic E-state index is 10.7. The van der Waals surface area contributed by atoms with Gasteiger partial charge < -0.3 is 10.4 Å². The first-order valence-corrected chi connectivity index (χ1v) is 6.27. The Morgan fingerprint density at radius 2 is 2.38 bits per heavy atom. The molecule has 2 atom stereocenters. The van der Waals surface area contributed by atoms with Crippen LogP contribution in [0.25, 0.3) is 0 Å². The molecule has 3 nitrogen and oxygen atoms in total. The second-order valence-corrected chi connectivity index (χ2v) is 5.49. The second-order valence-electron chi connectivity index (χ2n) is 3.80. The van der Waals surface area contributed by atoms with Gasteiger partial charge in [0.1, 0.15) is 0 Å². The minimum Gasteiger partial charge on any atom is -0.481 e. The highest BCUT2D eigenvalue weighted by molar-refractivity contribution is 8.00. The lowest BCUT2D eigenvalue weighted by molar-refractivity contribution is -0.137. The van der Waals surface area contributed by atoms with Crippen molar-refractivity contribution in [1.29, 1.82) is 0 Å². The van der Waals surface area contributed by atoms with Gasteiger partial charge in [-0.15, -0.1) is 11.8 Å². The van der Waals surface area contributed by atoms with Crippen LogP contribution in [-0.2, 0) is 4.79 Å². The number of rotatable bonds is 2. The van der Waals surface area contributed by atoms with Gasteiger partial charge in [0.25, 0.3) is 0 Å². The van der Waals surface area contributed by atoms with E-state index in [0.717, 1.165) is 10.6 Å². The number of hydrogen-bond acceptors (Lipinski definition) is 3. The van der Waals surface area contributed by atoms with Gasteiger partial charge in [0.15, 0.2) is 0 Å². The Bertz CT molecular complexity index is 424. The number of carbonyl (C=O) groups is 1. The Labute approximate surface area is 103 Å². The molecule has 0 fully saturated rings. The zero-order chi connectivity index (χ0) is 11.7.